The minimum absolute atomic E-state index is 0.0125. The molecule has 1 unspecified atom stereocenters. The monoisotopic (exact) mass is 341 g/mol. The molecule has 1 amide bonds. The number of benzene rings is 1. The zero-order valence-electron chi connectivity index (χ0n) is 14.1. The van der Waals surface area contributed by atoms with E-state index in [4.69, 9.17) is 4.74 Å². The van der Waals surface area contributed by atoms with Crippen LogP contribution in [0.3, 0.4) is 0 Å². The third kappa shape index (κ3) is 3.48. The molecule has 0 radical (unpaired) electrons. The standard InChI is InChI=1S/C18H22F3NO2/c1-4-5-9-17(12-24-3)10-8-14-11-13(2)6-7-15(14)22(17)16(23)18(19,20)21/h6-8,10-11H,4-5,9,12H2,1-3H3. The first-order valence-corrected chi connectivity index (χ1v) is 7.95. The normalized spacial score (nSPS) is 20.2. The van der Waals surface area contributed by atoms with Crippen LogP contribution in [0.15, 0.2) is 24.3 Å². The van der Waals surface area contributed by atoms with Gasteiger partial charge >= 0.3 is 12.1 Å². The Morgan fingerprint density at radius 2 is 2.04 bits per heavy atom. The highest BCUT2D eigenvalue weighted by Crippen LogP contribution is 2.40. The van der Waals surface area contributed by atoms with Crippen LogP contribution in [-0.2, 0) is 9.53 Å². The molecule has 1 aromatic rings. The van der Waals surface area contributed by atoms with Crippen molar-refractivity contribution in [2.24, 2.45) is 0 Å². The molecule has 0 fully saturated rings. The zero-order valence-corrected chi connectivity index (χ0v) is 14.1. The zero-order chi connectivity index (χ0) is 18.0. The molecule has 0 spiro atoms. The average Bonchev–Trinajstić information content (AvgIpc) is 2.52. The van der Waals surface area contributed by atoms with Crippen molar-refractivity contribution in [3.63, 3.8) is 0 Å². The van der Waals surface area contributed by atoms with E-state index in [0.29, 0.717) is 18.4 Å². The number of rotatable bonds is 5. The quantitative estimate of drug-likeness (QED) is 0.789. The van der Waals surface area contributed by atoms with Gasteiger partial charge in [-0.3, -0.25) is 9.69 Å². The van der Waals surface area contributed by atoms with Crippen LogP contribution in [-0.4, -0.2) is 31.3 Å². The second kappa shape index (κ2) is 6.97. The summed E-state index contributed by atoms with van der Waals surface area (Å²) in [6, 6.07) is 5.07. The Morgan fingerprint density at radius 1 is 1.33 bits per heavy atom. The highest BCUT2D eigenvalue weighted by molar-refractivity contribution is 6.02. The predicted molar refractivity (Wildman–Crippen MR) is 87.9 cm³/mol. The van der Waals surface area contributed by atoms with Crippen molar-refractivity contribution in [2.75, 3.05) is 18.6 Å². The van der Waals surface area contributed by atoms with Gasteiger partial charge in [0.15, 0.2) is 0 Å². The minimum Gasteiger partial charge on any atom is -0.382 e. The largest absolute Gasteiger partial charge is 0.471 e. The van der Waals surface area contributed by atoms with E-state index in [9.17, 15) is 18.0 Å². The third-order valence-electron chi connectivity index (χ3n) is 4.25. The van der Waals surface area contributed by atoms with E-state index in [0.717, 1.165) is 16.9 Å². The van der Waals surface area contributed by atoms with Gasteiger partial charge < -0.3 is 4.74 Å². The van der Waals surface area contributed by atoms with Crippen LogP contribution in [0, 0.1) is 6.92 Å². The first-order chi connectivity index (χ1) is 11.2. The van der Waals surface area contributed by atoms with E-state index >= 15 is 0 Å². The number of aryl methyl sites for hydroxylation is 1. The van der Waals surface area contributed by atoms with Crippen LogP contribution in [0.5, 0.6) is 0 Å². The smallest absolute Gasteiger partial charge is 0.382 e. The molecule has 1 aromatic carbocycles. The molecule has 0 aromatic heterocycles. The highest BCUT2D eigenvalue weighted by atomic mass is 19.4. The summed E-state index contributed by atoms with van der Waals surface area (Å²) in [6.07, 6.45) is 0.431. The Hall–Kier alpha value is -1.82. The lowest BCUT2D eigenvalue weighted by atomic mass is 9.85. The summed E-state index contributed by atoms with van der Waals surface area (Å²) in [6.45, 7) is 3.83. The van der Waals surface area contributed by atoms with Crippen molar-refractivity contribution in [2.45, 2.75) is 44.8 Å². The fraction of sp³-hybridized carbons (Fsp3) is 0.500. The van der Waals surface area contributed by atoms with Gasteiger partial charge in [0.2, 0.25) is 0 Å². The average molecular weight is 341 g/mol. The molecular formula is C18H22F3NO2. The van der Waals surface area contributed by atoms with Crippen molar-refractivity contribution in [1.29, 1.82) is 0 Å². The Bertz CT molecular complexity index is 640. The van der Waals surface area contributed by atoms with Gasteiger partial charge in [-0.2, -0.15) is 13.2 Å². The number of carbonyl (C=O) groups is 1. The molecular weight excluding hydrogens is 319 g/mol. The van der Waals surface area contributed by atoms with Gasteiger partial charge in [0.05, 0.1) is 17.8 Å². The topological polar surface area (TPSA) is 29.5 Å². The van der Waals surface area contributed by atoms with Crippen molar-refractivity contribution < 1.29 is 22.7 Å². The first-order valence-electron chi connectivity index (χ1n) is 7.95. The van der Waals surface area contributed by atoms with Gasteiger partial charge in [0.25, 0.3) is 0 Å². The number of alkyl halides is 3. The number of methoxy groups -OCH3 is 1. The Kier molecular flexibility index (Phi) is 5.38. The number of carbonyl (C=O) groups excluding carboxylic acids is 1. The van der Waals surface area contributed by atoms with E-state index < -0.39 is 17.6 Å². The molecule has 132 valence electrons. The van der Waals surface area contributed by atoms with Crippen LogP contribution >= 0.6 is 0 Å². The molecule has 1 aliphatic rings. The van der Waals surface area contributed by atoms with Crippen molar-refractivity contribution in [3.8, 4) is 0 Å². The summed E-state index contributed by atoms with van der Waals surface area (Å²) in [4.78, 5) is 13.1. The van der Waals surface area contributed by atoms with Gasteiger partial charge in [-0.25, -0.2) is 0 Å². The molecule has 2 rings (SSSR count). The highest BCUT2D eigenvalue weighted by Gasteiger charge is 2.51. The molecule has 1 atom stereocenters. The van der Waals surface area contributed by atoms with E-state index in [1.54, 1.807) is 30.4 Å². The molecule has 24 heavy (non-hydrogen) atoms. The SMILES string of the molecule is CCCCC1(COC)C=Cc2cc(C)ccc2N1C(=O)C(F)(F)F. The van der Waals surface area contributed by atoms with Crippen LogP contribution in [0.25, 0.3) is 6.08 Å². The number of amides is 1. The minimum atomic E-state index is -4.95. The van der Waals surface area contributed by atoms with Crippen molar-refractivity contribution >= 4 is 17.7 Å². The summed E-state index contributed by atoms with van der Waals surface area (Å²) < 4.78 is 45.0. The number of halogens is 3. The lowest BCUT2D eigenvalue weighted by Gasteiger charge is -2.44. The van der Waals surface area contributed by atoms with Gasteiger partial charge in [-0.05, 0) is 31.0 Å². The number of hydrogen-bond donors (Lipinski definition) is 0. The third-order valence-corrected chi connectivity index (χ3v) is 4.25. The van der Waals surface area contributed by atoms with E-state index in [1.807, 2.05) is 13.8 Å². The van der Waals surface area contributed by atoms with Crippen LogP contribution < -0.4 is 4.90 Å². The molecule has 3 nitrogen and oxygen atoms in total. The van der Waals surface area contributed by atoms with Gasteiger partial charge in [0.1, 0.15) is 0 Å². The maximum Gasteiger partial charge on any atom is 0.471 e. The fourth-order valence-corrected chi connectivity index (χ4v) is 3.12. The fourth-order valence-electron chi connectivity index (χ4n) is 3.12. The van der Waals surface area contributed by atoms with E-state index in [-0.39, 0.29) is 12.3 Å². The maximum atomic E-state index is 13.3. The molecule has 6 heteroatoms. The Morgan fingerprint density at radius 3 is 2.62 bits per heavy atom. The number of anilines is 1. The number of nitrogens with zero attached hydrogens (tertiary/aromatic N) is 1. The lowest BCUT2D eigenvalue weighted by Crippen LogP contribution is -2.58. The summed E-state index contributed by atoms with van der Waals surface area (Å²) in [5, 5.41) is 0. The molecule has 0 N–H and O–H groups in total. The molecule has 0 aliphatic carbocycles. The van der Waals surface area contributed by atoms with Gasteiger partial charge in [-0.15, -0.1) is 0 Å². The number of fused-ring (bicyclic) bond motifs is 1. The summed E-state index contributed by atoms with van der Waals surface area (Å²) in [5.41, 5.74) is 0.680. The van der Waals surface area contributed by atoms with Gasteiger partial charge in [-0.1, -0.05) is 43.5 Å². The van der Waals surface area contributed by atoms with Crippen molar-refractivity contribution in [1.82, 2.24) is 0 Å². The molecule has 0 bridgehead atoms. The number of unbranched alkanes of at least 4 members (excludes halogenated alkanes) is 1. The lowest BCUT2D eigenvalue weighted by molar-refractivity contribution is -0.172. The second-order valence-corrected chi connectivity index (χ2v) is 6.17. The van der Waals surface area contributed by atoms with Gasteiger partial charge in [0, 0.05) is 7.11 Å². The first kappa shape index (κ1) is 18.5. The molecule has 1 aliphatic heterocycles. The summed E-state index contributed by atoms with van der Waals surface area (Å²) in [7, 11) is 1.43. The summed E-state index contributed by atoms with van der Waals surface area (Å²) in [5.74, 6) is -1.86. The molecule has 1 heterocycles. The van der Waals surface area contributed by atoms with Crippen LogP contribution in [0.1, 0.15) is 37.3 Å². The number of hydrogen-bond acceptors (Lipinski definition) is 2. The Balaban J connectivity index is 2.61. The second-order valence-electron chi connectivity index (χ2n) is 6.17. The molecule has 0 saturated heterocycles. The maximum absolute atomic E-state index is 13.3. The Labute approximate surface area is 140 Å². The number of ether oxygens (including phenoxy) is 1. The van der Waals surface area contributed by atoms with E-state index in [2.05, 4.69) is 0 Å². The van der Waals surface area contributed by atoms with Crippen LogP contribution in [0.4, 0.5) is 18.9 Å². The predicted octanol–water partition coefficient (Wildman–Crippen LogP) is 4.49. The van der Waals surface area contributed by atoms with E-state index in [1.165, 1.54) is 7.11 Å². The summed E-state index contributed by atoms with van der Waals surface area (Å²) >= 11 is 0. The molecule has 0 saturated carbocycles. The van der Waals surface area contributed by atoms with Crippen molar-refractivity contribution in [3.05, 3.63) is 35.4 Å². The van der Waals surface area contributed by atoms with Crippen LogP contribution in [0.2, 0.25) is 0 Å².